The minimum Gasteiger partial charge on any atom is -0.495 e. The molecule has 2 fully saturated rings. The molecule has 24 heavy (non-hydrogen) atoms. The monoisotopic (exact) mass is 381 g/mol. The van der Waals surface area contributed by atoms with Crippen molar-refractivity contribution in [2.75, 3.05) is 13.7 Å². The lowest BCUT2D eigenvalue weighted by molar-refractivity contribution is -0.122. The fourth-order valence-corrected chi connectivity index (χ4v) is 4.80. The lowest BCUT2D eigenvalue weighted by atomic mass is 10.0. The summed E-state index contributed by atoms with van der Waals surface area (Å²) in [4.78, 5) is 15.0. The van der Waals surface area contributed by atoms with Crippen molar-refractivity contribution in [2.45, 2.75) is 32.1 Å². The number of hydrogen-bond acceptors (Lipinski definition) is 4. The van der Waals surface area contributed by atoms with Crippen LogP contribution in [0.15, 0.2) is 23.1 Å². The number of amides is 1. The molecule has 0 N–H and O–H groups in total. The van der Waals surface area contributed by atoms with Crippen LogP contribution in [0.25, 0.3) is 6.08 Å². The molecule has 0 radical (unpaired) electrons. The van der Waals surface area contributed by atoms with Gasteiger partial charge in [-0.15, -0.1) is 0 Å². The topological polar surface area (TPSA) is 29.5 Å². The SMILES string of the molecule is COc1ccc(/C=C2/SC(=S)N(CCC3CCCC3)C2=O)cc1Cl. The first-order chi connectivity index (χ1) is 11.6. The number of halogens is 1. The summed E-state index contributed by atoms with van der Waals surface area (Å²) in [7, 11) is 1.58. The second-order valence-corrected chi connectivity index (χ2v) is 8.25. The van der Waals surface area contributed by atoms with E-state index in [9.17, 15) is 4.79 Å². The average molecular weight is 382 g/mol. The van der Waals surface area contributed by atoms with Crippen molar-refractivity contribution in [1.82, 2.24) is 4.90 Å². The molecule has 0 spiro atoms. The van der Waals surface area contributed by atoms with E-state index in [4.69, 9.17) is 28.6 Å². The Hall–Kier alpha value is -1.04. The highest BCUT2D eigenvalue weighted by Crippen LogP contribution is 2.35. The number of benzene rings is 1. The van der Waals surface area contributed by atoms with E-state index in [0.29, 0.717) is 20.0 Å². The van der Waals surface area contributed by atoms with Crippen molar-refractivity contribution in [3.05, 3.63) is 33.7 Å². The molecule has 1 amide bonds. The van der Waals surface area contributed by atoms with Gasteiger partial charge in [0.25, 0.3) is 5.91 Å². The van der Waals surface area contributed by atoms with E-state index in [2.05, 4.69) is 0 Å². The molecule has 6 heteroatoms. The van der Waals surface area contributed by atoms with Crippen LogP contribution in [0, 0.1) is 5.92 Å². The summed E-state index contributed by atoms with van der Waals surface area (Å²) >= 11 is 12.9. The van der Waals surface area contributed by atoms with Crippen LogP contribution in [-0.4, -0.2) is 28.8 Å². The van der Waals surface area contributed by atoms with Gasteiger partial charge >= 0.3 is 0 Å². The molecule has 1 aromatic carbocycles. The van der Waals surface area contributed by atoms with Gasteiger partial charge in [-0.3, -0.25) is 9.69 Å². The Bertz CT molecular complexity index is 684. The number of ether oxygens (including phenoxy) is 1. The van der Waals surface area contributed by atoms with Crippen molar-refractivity contribution in [2.24, 2.45) is 5.92 Å². The molecule has 0 atom stereocenters. The van der Waals surface area contributed by atoms with Crippen molar-refractivity contribution >= 4 is 51.9 Å². The predicted molar refractivity (Wildman–Crippen MR) is 104 cm³/mol. The fourth-order valence-electron chi connectivity index (χ4n) is 3.23. The molecule has 1 saturated carbocycles. The first kappa shape index (κ1) is 17.8. The quantitative estimate of drug-likeness (QED) is 0.522. The smallest absolute Gasteiger partial charge is 0.266 e. The number of carbonyl (C=O) groups excluding carboxylic acids is 1. The summed E-state index contributed by atoms with van der Waals surface area (Å²) in [6, 6.07) is 5.48. The molecule has 0 bridgehead atoms. The fraction of sp³-hybridized carbons (Fsp3) is 0.444. The second kappa shape index (κ2) is 7.89. The minimum atomic E-state index is 0.00920. The van der Waals surface area contributed by atoms with Gasteiger partial charge < -0.3 is 4.74 Å². The molecule has 128 valence electrons. The number of carbonyl (C=O) groups is 1. The maximum atomic E-state index is 12.6. The Labute approximate surface area is 157 Å². The van der Waals surface area contributed by atoms with Gasteiger partial charge in [0.1, 0.15) is 10.1 Å². The van der Waals surface area contributed by atoms with Crippen molar-refractivity contribution in [3.8, 4) is 5.75 Å². The average Bonchev–Trinajstić information content (AvgIpc) is 3.15. The molecule has 1 aromatic rings. The van der Waals surface area contributed by atoms with Gasteiger partial charge in [-0.2, -0.15) is 0 Å². The summed E-state index contributed by atoms with van der Waals surface area (Å²) in [6.07, 6.45) is 8.11. The Morgan fingerprint density at radius 1 is 1.42 bits per heavy atom. The van der Waals surface area contributed by atoms with Crippen LogP contribution in [0.4, 0.5) is 0 Å². The number of thioether (sulfide) groups is 1. The van der Waals surface area contributed by atoms with E-state index in [1.165, 1.54) is 37.4 Å². The maximum Gasteiger partial charge on any atom is 0.266 e. The Kier molecular flexibility index (Phi) is 5.85. The summed E-state index contributed by atoms with van der Waals surface area (Å²) in [5.74, 6) is 1.38. The van der Waals surface area contributed by atoms with E-state index in [1.54, 1.807) is 24.1 Å². The first-order valence-corrected chi connectivity index (χ1v) is 9.77. The van der Waals surface area contributed by atoms with Crippen molar-refractivity contribution < 1.29 is 9.53 Å². The van der Waals surface area contributed by atoms with E-state index in [-0.39, 0.29) is 5.91 Å². The number of methoxy groups -OCH3 is 1. The van der Waals surface area contributed by atoms with Gasteiger partial charge in [0.15, 0.2) is 0 Å². The normalized spacial score (nSPS) is 20.4. The molecule has 1 heterocycles. The van der Waals surface area contributed by atoms with Gasteiger partial charge in [-0.05, 0) is 36.1 Å². The molecule has 1 aliphatic carbocycles. The molecule has 1 aliphatic heterocycles. The second-order valence-electron chi connectivity index (χ2n) is 6.17. The lowest BCUT2D eigenvalue weighted by Crippen LogP contribution is -2.30. The summed E-state index contributed by atoms with van der Waals surface area (Å²) in [5.41, 5.74) is 0.872. The van der Waals surface area contributed by atoms with Crippen LogP contribution >= 0.6 is 35.6 Å². The van der Waals surface area contributed by atoms with Crippen LogP contribution < -0.4 is 4.74 Å². The van der Waals surface area contributed by atoms with Crippen LogP contribution in [0.1, 0.15) is 37.7 Å². The summed E-state index contributed by atoms with van der Waals surface area (Å²) in [6.45, 7) is 0.732. The predicted octanol–water partition coefficient (Wildman–Crippen LogP) is 5.13. The van der Waals surface area contributed by atoms with Crippen molar-refractivity contribution in [3.63, 3.8) is 0 Å². The molecular weight excluding hydrogens is 362 g/mol. The van der Waals surface area contributed by atoms with Crippen LogP contribution in [0.5, 0.6) is 5.75 Å². The van der Waals surface area contributed by atoms with E-state index in [0.717, 1.165) is 24.4 Å². The van der Waals surface area contributed by atoms with Gasteiger partial charge in [0.2, 0.25) is 0 Å². The Morgan fingerprint density at radius 2 is 2.17 bits per heavy atom. The standard InChI is InChI=1S/C18H20ClNO2S2/c1-22-15-7-6-13(10-14(15)19)11-16-17(21)20(18(23)24-16)9-8-12-4-2-3-5-12/h6-7,10-12H,2-5,8-9H2,1H3/b16-11+. The highest BCUT2D eigenvalue weighted by Gasteiger charge is 2.32. The zero-order chi connectivity index (χ0) is 17.1. The van der Waals surface area contributed by atoms with Crippen LogP contribution in [-0.2, 0) is 4.79 Å². The lowest BCUT2D eigenvalue weighted by Gasteiger charge is -2.17. The number of thiocarbonyl (C=S) groups is 1. The minimum absolute atomic E-state index is 0.00920. The zero-order valence-electron chi connectivity index (χ0n) is 13.6. The van der Waals surface area contributed by atoms with Crippen LogP contribution in [0.3, 0.4) is 0 Å². The van der Waals surface area contributed by atoms with Gasteiger partial charge in [-0.1, -0.05) is 67.3 Å². The number of rotatable bonds is 5. The van der Waals surface area contributed by atoms with Gasteiger partial charge in [0.05, 0.1) is 17.0 Å². The molecule has 0 unspecified atom stereocenters. The third-order valence-electron chi connectivity index (χ3n) is 4.58. The Morgan fingerprint density at radius 3 is 2.83 bits per heavy atom. The number of nitrogens with zero attached hydrogens (tertiary/aromatic N) is 1. The molecule has 0 aromatic heterocycles. The van der Waals surface area contributed by atoms with E-state index >= 15 is 0 Å². The molecule has 3 nitrogen and oxygen atoms in total. The molecule has 3 rings (SSSR count). The highest BCUT2D eigenvalue weighted by molar-refractivity contribution is 8.26. The molecule has 1 saturated heterocycles. The molecular formula is C18H20ClNO2S2. The van der Waals surface area contributed by atoms with E-state index in [1.807, 2.05) is 12.1 Å². The van der Waals surface area contributed by atoms with Gasteiger partial charge in [-0.25, -0.2) is 0 Å². The maximum absolute atomic E-state index is 12.6. The van der Waals surface area contributed by atoms with Gasteiger partial charge in [0, 0.05) is 6.54 Å². The van der Waals surface area contributed by atoms with E-state index < -0.39 is 0 Å². The third kappa shape index (κ3) is 3.95. The summed E-state index contributed by atoms with van der Waals surface area (Å²) < 4.78 is 5.81. The third-order valence-corrected chi connectivity index (χ3v) is 6.26. The first-order valence-electron chi connectivity index (χ1n) is 8.17. The molecule has 2 aliphatic rings. The zero-order valence-corrected chi connectivity index (χ0v) is 16.0. The number of hydrogen-bond donors (Lipinski definition) is 0. The Balaban J connectivity index is 1.69. The highest BCUT2D eigenvalue weighted by atomic mass is 35.5. The summed E-state index contributed by atoms with van der Waals surface area (Å²) in [5, 5.41) is 0.531. The largest absolute Gasteiger partial charge is 0.495 e. The van der Waals surface area contributed by atoms with Crippen molar-refractivity contribution in [1.29, 1.82) is 0 Å². The van der Waals surface area contributed by atoms with Crippen LogP contribution in [0.2, 0.25) is 5.02 Å².